The minimum atomic E-state index is -0.138. The number of rotatable bonds is 5. The van der Waals surface area contributed by atoms with Crippen LogP contribution in [-0.4, -0.2) is 17.4 Å². The number of aromatic nitrogens is 1. The Morgan fingerprint density at radius 1 is 1.19 bits per heavy atom. The second kappa shape index (κ2) is 6.88. The lowest BCUT2D eigenvalue weighted by Crippen LogP contribution is -2.24. The average Bonchev–Trinajstić information content (AvgIpc) is 2.49. The van der Waals surface area contributed by atoms with Crippen molar-refractivity contribution in [2.24, 2.45) is 0 Å². The molecule has 0 aliphatic heterocycles. The molecule has 0 aliphatic rings. The Labute approximate surface area is 125 Å². The van der Waals surface area contributed by atoms with Crippen molar-refractivity contribution in [1.29, 1.82) is 0 Å². The summed E-state index contributed by atoms with van der Waals surface area (Å²) in [5, 5.41) is 6.18. The lowest BCUT2D eigenvalue weighted by molar-refractivity contribution is 0.0949. The number of carbonyl (C=O) groups excluding carboxylic acids is 1. The van der Waals surface area contributed by atoms with Gasteiger partial charge in [-0.2, -0.15) is 0 Å². The van der Waals surface area contributed by atoms with Gasteiger partial charge in [-0.3, -0.25) is 9.78 Å². The minimum Gasteiger partial charge on any atom is -0.355 e. The molecule has 4 nitrogen and oxygen atoms in total. The quantitative estimate of drug-likeness (QED) is 0.881. The second-order valence-corrected chi connectivity index (χ2v) is 5.13. The topological polar surface area (TPSA) is 54.0 Å². The van der Waals surface area contributed by atoms with E-state index in [0.29, 0.717) is 12.2 Å². The van der Waals surface area contributed by atoms with Crippen LogP contribution >= 0.6 is 0 Å². The molecule has 110 valence electrons. The van der Waals surface area contributed by atoms with Gasteiger partial charge in [-0.15, -0.1) is 0 Å². The number of hydrogen-bond donors (Lipinski definition) is 2. The first-order chi connectivity index (χ1) is 10.1. The molecule has 0 saturated heterocycles. The van der Waals surface area contributed by atoms with Crippen molar-refractivity contribution in [2.45, 2.75) is 27.2 Å². The SMILES string of the molecule is CCCNC(=O)c1cc(Nc2cc(C)ccc2C)ccn1. The molecule has 0 bridgehead atoms. The fourth-order valence-electron chi connectivity index (χ4n) is 1.99. The van der Waals surface area contributed by atoms with Crippen molar-refractivity contribution < 1.29 is 4.79 Å². The first kappa shape index (κ1) is 15.0. The van der Waals surface area contributed by atoms with Crippen LogP contribution in [0.5, 0.6) is 0 Å². The van der Waals surface area contributed by atoms with E-state index in [1.165, 1.54) is 5.56 Å². The predicted molar refractivity (Wildman–Crippen MR) is 86.1 cm³/mol. The molecule has 0 aliphatic carbocycles. The van der Waals surface area contributed by atoms with Crippen molar-refractivity contribution in [3.8, 4) is 0 Å². The number of nitrogens with one attached hydrogen (secondary N) is 2. The monoisotopic (exact) mass is 283 g/mol. The lowest BCUT2D eigenvalue weighted by Gasteiger charge is -2.11. The summed E-state index contributed by atoms with van der Waals surface area (Å²) in [6.45, 7) is 6.79. The maximum Gasteiger partial charge on any atom is 0.269 e. The highest BCUT2D eigenvalue weighted by atomic mass is 16.1. The van der Waals surface area contributed by atoms with Crippen molar-refractivity contribution >= 4 is 17.3 Å². The van der Waals surface area contributed by atoms with Crippen LogP contribution in [0.25, 0.3) is 0 Å². The fourth-order valence-corrected chi connectivity index (χ4v) is 1.99. The van der Waals surface area contributed by atoms with E-state index in [-0.39, 0.29) is 5.91 Å². The molecule has 0 radical (unpaired) electrons. The van der Waals surface area contributed by atoms with Crippen LogP contribution in [0, 0.1) is 13.8 Å². The van der Waals surface area contributed by atoms with Gasteiger partial charge in [0.25, 0.3) is 5.91 Å². The first-order valence-corrected chi connectivity index (χ1v) is 7.18. The Bertz CT molecular complexity index is 638. The van der Waals surface area contributed by atoms with E-state index < -0.39 is 0 Å². The molecule has 1 aromatic heterocycles. The standard InChI is InChI=1S/C17H21N3O/c1-4-8-19-17(21)16-11-14(7-9-18-16)20-15-10-12(2)5-6-13(15)3/h5-7,9-11H,4,8H2,1-3H3,(H,18,20)(H,19,21). The highest BCUT2D eigenvalue weighted by Crippen LogP contribution is 2.21. The molecular weight excluding hydrogens is 262 g/mol. The van der Waals surface area contributed by atoms with Crippen LogP contribution in [0.3, 0.4) is 0 Å². The molecule has 1 amide bonds. The lowest BCUT2D eigenvalue weighted by atomic mass is 10.1. The van der Waals surface area contributed by atoms with Gasteiger partial charge >= 0.3 is 0 Å². The summed E-state index contributed by atoms with van der Waals surface area (Å²) in [7, 11) is 0. The van der Waals surface area contributed by atoms with E-state index in [2.05, 4.69) is 47.7 Å². The molecule has 0 atom stereocenters. The largest absolute Gasteiger partial charge is 0.355 e. The minimum absolute atomic E-state index is 0.138. The Morgan fingerprint density at radius 2 is 2.00 bits per heavy atom. The van der Waals surface area contributed by atoms with Gasteiger partial charge in [-0.05, 0) is 49.6 Å². The van der Waals surface area contributed by atoms with Crippen molar-refractivity contribution in [2.75, 3.05) is 11.9 Å². The number of benzene rings is 1. The van der Waals surface area contributed by atoms with Crippen LogP contribution in [0.4, 0.5) is 11.4 Å². The molecule has 0 spiro atoms. The van der Waals surface area contributed by atoms with Crippen molar-refractivity contribution in [1.82, 2.24) is 10.3 Å². The van der Waals surface area contributed by atoms with Gasteiger partial charge < -0.3 is 10.6 Å². The molecule has 4 heteroatoms. The number of anilines is 2. The highest BCUT2D eigenvalue weighted by molar-refractivity contribution is 5.93. The molecule has 1 aromatic carbocycles. The summed E-state index contributed by atoms with van der Waals surface area (Å²) >= 11 is 0. The number of nitrogens with zero attached hydrogens (tertiary/aromatic N) is 1. The van der Waals surface area contributed by atoms with E-state index in [1.54, 1.807) is 12.3 Å². The van der Waals surface area contributed by atoms with E-state index in [9.17, 15) is 4.79 Å². The summed E-state index contributed by atoms with van der Waals surface area (Å²) in [5.74, 6) is -0.138. The maximum atomic E-state index is 11.9. The third-order valence-electron chi connectivity index (χ3n) is 3.20. The number of carbonyl (C=O) groups is 1. The number of amides is 1. The van der Waals surface area contributed by atoms with Gasteiger partial charge in [-0.25, -0.2) is 0 Å². The highest BCUT2D eigenvalue weighted by Gasteiger charge is 2.07. The van der Waals surface area contributed by atoms with Crippen LogP contribution in [0.15, 0.2) is 36.5 Å². The molecule has 21 heavy (non-hydrogen) atoms. The molecule has 2 aromatic rings. The van der Waals surface area contributed by atoms with Gasteiger partial charge in [0, 0.05) is 24.1 Å². The molecule has 2 N–H and O–H groups in total. The summed E-state index contributed by atoms with van der Waals surface area (Å²) in [6, 6.07) is 9.88. The molecule has 2 rings (SSSR count). The average molecular weight is 283 g/mol. The molecule has 0 saturated carbocycles. The predicted octanol–water partition coefficient (Wildman–Crippen LogP) is 3.58. The van der Waals surface area contributed by atoms with Gasteiger partial charge in [0.15, 0.2) is 0 Å². The second-order valence-electron chi connectivity index (χ2n) is 5.13. The Hall–Kier alpha value is -2.36. The van der Waals surface area contributed by atoms with E-state index >= 15 is 0 Å². The fraction of sp³-hybridized carbons (Fsp3) is 0.294. The van der Waals surface area contributed by atoms with Crippen molar-refractivity contribution in [3.05, 3.63) is 53.3 Å². The Kier molecular flexibility index (Phi) is 4.93. The number of hydrogen-bond acceptors (Lipinski definition) is 3. The molecule has 1 heterocycles. The van der Waals surface area contributed by atoms with Crippen LogP contribution in [0.2, 0.25) is 0 Å². The third kappa shape index (κ3) is 4.05. The Balaban J connectivity index is 2.17. The summed E-state index contributed by atoms with van der Waals surface area (Å²) in [4.78, 5) is 16.0. The van der Waals surface area contributed by atoms with Gasteiger partial charge in [0.05, 0.1) is 0 Å². The van der Waals surface area contributed by atoms with E-state index in [1.807, 2.05) is 13.0 Å². The molecule has 0 fully saturated rings. The summed E-state index contributed by atoms with van der Waals surface area (Å²) in [5.41, 5.74) is 4.69. The summed E-state index contributed by atoms with van der Waals surface area (Å²) < 4.78 is 0. The van der Waals surface area contributed by atoms with Gasteiger partial charge in [0.1, 0.15) is 5.69 Å². The van der Waals surface area contributed by atoms with E-state index in [0.717, 1.165) is 23.4 Å². The first-order valence-electron chi connectivity index (χ1n) is 7.18. The zero-order chi connectivity index (χ0) is 15.2. The molecule has 0 unspecified atom stereocenters. The van der Waals surface area contributed by atoms with Gasteiger partial charge in [0.2, 0.25) is 0 Å². The van der Waals surface area contributed by atoms with Crippen molar-refractivity contribution in [3.63, 3.8) is 0 Å². The maximum absolute atomic E-state index is 11.9. The third-order valence-corrected chi connectivity index (χ3v) is 3.20. The smallest absolute Gasteiger partial charge is 0.269 e. The Morgan fingerprint density at radius 3 is 2.76 bits per heavy atom. The van der Waals surface area contributed by atoms with Crippen LogP contribution in [-0.2, 0) is 0 Å². The van der Waals surface area contributed by atoms with E-state index in [4.69, 9.17) is 0 Å². The molecular formula is C17H21N3O. The van der Waals surface area contributed by atoms with Crippen LogP contribution < -0.4 is 10.6 Å². The number of pyridine rings is 1. The zero-order valence-electron chi connectivity index (χ0n) is 12.7. The zero-order valence-corrected chi connectivity index (χ0v) is 12.7. The summed E-state index contributed by atoms with van der Waals surface area (Å²) in [6.07, 6.45) is 2.56. The normalized spacial score (nSPS) is 10.2. The number of aryl methyl sites for hydroxylation is 2. The van der Waals surface area contributed by atoms with Gasteiger partial charge in [-0.1, -0.05) is 19.1 Å². The van der Waals surface area contributed by atoms with Crippen LogP contribution in [0.1, 0.15) is 35.0 Å².